The molecule has 0 aliphatic carbocycles. The van der Waals surface area contributed by atoms with Crippen LogP contribution in [0.15, 0.2) is 64.3 Å². The second-order valence-corrected chi connectivity index (χ2v) is 8.47. The molecule has 3 rings (SSSR count). The van der Waals surface area contributed by atoms with Gasteiger partial charge in [0.25, 0.3) is 5.69 Å². The summed E-state index contributed by atoms with van der Waals surface area (Å²) >= 11 is 1.56. The number of hydrogen-bond acceptors (Lipinski definition) is 8. The average molecular weight is 483 g/mol. The van der Waals surface area contributed by atoms with E-state index >= 15 is 0 Å². The van der Waals surface area contributed by atoms with E-state index in [2.05, 4.69) is 5.32 Å². The fourth-order valence-corrected chi connectivity index (χ4v) is 4.59. The van der Waals surface area contributed by atoms with Crippen molar-refractivity contribution in [2.75, 3.05) is 13.2 Å². The van der Waals surface area contributed by atoms with Gasteiger partial charge in [0, 0.05) is 28.4 Å². The molecule has 1 unspecified atom stereocenters. The van der Waals surface area contributed by atoms with E-state index in [1.54, 1.807) is 44.3 Å². The zero-order valence-corrected chi connectivity index (χ0v) is 20.2. The highest BCUT2D eigenvalue weighted by atomic mass is 32.1. The molecule has 34 heavy (non-hydrogen) atoms. The first-order valence-corrected chi connectivity index (χ1v) is 11.7. The molecule has 9 heteroatoms. The standard InChI is InChI=1S/C25H26N2O6S/c1-5-32-24(28)21-16(4)26-19(10-11-20-15(3)12-13-34-20)23(25(29)33-6-2)22(21)17-8-7-9-18(14-17)27(30)31/h7-14,22,26H,5-6H2,1-4H3. The lowest BCUT2D eigenvalue weighted by molar-refractivity contribution is -0.384. The molecule has 0 amide bonds. The Morgan fingerprint density at radius 2 is 1.76 bits per heavy atom. The summed E-state index contributed by atoms with van der Waals surface area (Å²) in [6.07, 6.45) is 3.65. The molecule has 1 aromatic carbocycles. The van der Waals surface area contributed by atoms with Gasteiger partial charge >= 0.3 is 11.9 Å². The van der Waals surface area contributed by atoms with Crippen LogP contribution in [0.4, 0.5) is 5.69 Å². The van der Waals surface area contributed by atoms with E-state index in [4.69, 9.17) is 9.47 Å². The van der Waals surface area contributed by atoms with Gasteiger partial charge in [-0.15, -0.1) is 11.3 Å². The predicted molar refractivity (Wildman–Crippen MR) is 130 cm³/mol. The Bertz CT molecular complexity index is 1210. The number of dihydropyridines is 1. The van der Waals surface area contributed by atoms with Crippen LogP contribution in [-0.4, -0.2) is 30.1 Å². The molecule has 178 valence electrons. The van der Waals surface area contributed by atoms with Gasteiger partial charge in [0.2, 0.25) is 0 Å². The number of non-ortho nitro benzene ring substituents is 1. The molecule has 2 aromatic rings. The number of allylic oxidation sites excluding steroid dienone is 2. The summed E-state index contributed by atoms with van der Waals surface area (Å²) in [5.74, 6) is -2.14. The molecule has 0 bridgehead atoms. The zero-order valence-electron chi connectivity index (χ0n) is 19.4. The van der Waals surface area contributed by atoms with Gasteiger partial charge in [-0.3, -0.25) is 10.1 Å². The summed E-state index contributed by atoms with van der Waals surface area (Å²) in [4.78, 5) is 38.1. The highest BCUT2D eigenvalue weighted by molar-refractivity contribution is 7.11. The number of benzene rings is 1. The van der Waals surface area contributed by atoms with Crippen molar-refractivity contribution < 1.29 is 24.0 Å². The highest BCUT2D eigenvalue weighted by Gasteiger charge is 2.39. The van der Waals surface area contributed by atoms with Crippen molar-refractivity contribution in [2.45, 2.75) is 33.6 Å². The smallest absolute Gasteiger partial charge is 0.337 e. The van der Waals surface area contributed by atoms with Crippen molar-refractivity contribution in [2.24, 2.45) is 0 Å². The molecule has 1 N–H and O–H groups in total. The SMILES string of the molecule is CCOC(=O)C1=C(C)NC(C=Cc2sccc2C)=C(C(=O)OCC)C1c1cccc([N+](=O)[O-])c1. The van der Waals surface area contributed by atoms with E-state index in [1.807, 2.05) is 24.4 Å². The number of carbonyl (C=O) groups is 2. The van der Waals surface area contributed by atoms with Gasteiger partial charge in [-0.1, -0.05) is 12.1 Å². The zero-order chi connectivity index (χ0) is 24.8. The van der Waals surface area contributed by atoms with Crippen LogP contribution in [0, 0.1) is 17.0 Å². The van der Waals surface area contributed by atoms with Gasteiger partial charge in [0.15, 0.2) is 0 Å². The number of nitrogens with one attached hydrogen (secondary N) is 1. The molecule has 1 aliphatic heterocycles. The average Bonchev–Trinajstić information content (AvgIpc) is 3.21. The first-order chi connectivity index (χ1) is 16.3. The normalized spacial score (nSPS) is 15.9. The van der Waals surface area contributed by atoms with Crippen LogP contribution < -0.4 is 5.32 Å². The van der Waals surface area contributed by atoms with E-state index in [0.717, 1.165) is 10.4 Å². The molecule has 1 aliphatic rings. The van der Waals surface area contributed by atoms with Gasteiger partial charge in [-0.25, -0.2) is 9.59 Å². The van der Waals surface area contributed by atoms with E-state index in [-0.39, 0.29) is 30.0 Å². The lowest BCUT2D eigenvalue weighted by Gasteiger charge is -2.30. The lowest BCUT2D eigenvalue weighted by atomic mass is 9.80. The summed E-state index contributed by atoms with van der Waals surface area (Å²) in [7, 11) is 0. The largest absolute Gasteiger partial charge is 0.463 e. The van der Waals surface area contributed by atoms with Crippen molar-refractivity contribution in [1.82, 2.24) is 5.32 Å². The first-order valence-electron chi connectivity index (χ1n) is 10.8. The minimum Gasteiger partial charge on any atom is -0.463 e. The third-order valence-corrected chi connectivity index (χ3v) is 6.29. The fourth-order valence-electron chi connectivity index (χ4n) is 3.77. The third kappa shape index (κ3) is 5.26. The Labute approximate surface area is 201 Å². The molecule has 8 nitrogen and oxygen atoms in total. The number of esters is 2. The van der Waals surface area contributed by atoms with Gasteiger partial charge < -0.3 is 14.8 Å². The number of rotatable bonds is 8. The summed E-state index contributed by atoms with van der Waals surface area (Å²) in [5.41, 5.74) is 2.69. The molecule has 0 saturated heterocycles. The summed E-state index contributed by atoms with van der Waals surface area (Å²) < 4.78 is 10.6. The fraction of sp³-hybridized carbons (Fsp3) is 0.280. The molecule has 0 spiro atoms. The van der Waals surface area contributed by atoms with Crippen LogP contribution in [0.25, 0.3) is 6.08 Å². The number of carbonyl (C=O) groups excluding carboxylic acids is 2. The molecule has 0 radical (unpaired) electrons. The Morgan fingerprint density at radius 1 is 1.09 bits per heavy atom. The monoisotopic (exact) mass is 482 g/mol. The Balaban J connectivity index is 2.25. The van der Waals surface area contributed by atoms with Crippen molar-refractivity contribution in [3.63, 3.8) is 0 Å². The molecular formula is C25H26N2O6S. The van der Waals surface area contributed by atoms with Crippen LogP contribution in [0.3, 0.4) is 0 Å². The Hall–Kier alpha value is -3.72. The van der Waals surface area contributed by atoms with Gasteiger partial charge in [-0.2, -0.15) is 0 Å². The number of ether oxygens (including phenoxy) is 2. The van der Waals surface area contributed by atoms with Crippen molar-refractivity contribution in [3.05, 3.63) is 90.4 Å². The van der Waals surface area contributed by atoms with E-state index in [0.29, 0.717) is 17.0 Å². The van der Waals surface area contributed by atoms with Crippen LogP contribution in [0.2, 0.25) is 0 Å². The number of thiophene rings is 1. The molecule has 1 atom stereocenters. The Kier molecular flexibility index (Phi) is 8.01. The molecular weight excluding hydrogens is 456 g/mol. The minimum atomic E-state index is -0.914. The Morgan fingerprint density at radius 3 is 2.35 bits per heavy atom. The maximum absolute atomic E-state index is 13.2. The van der Waals surface area contributed by atoms with Gasteiger partial charge in [-0.05, 0) is 62.4 Å². The lowest BCUT2D eigenvalue weighted by Crippen LogP contribution is -2.33. The quantitative estimate of drug-likeness (QED) is 0.320. The van der Waals surface area contributed by atoms with Crippen LogP contribution in [-0.2, 0) is 19.1 Å². The molecule has 1 aromatic heterocycles. The second-order valence-electron chi connectivity index (χ2n) is 7.52. The van der Waals surface area contributed by atoms with Gasteiger partial charge in [0.1, 0.15) is 0 Å². The number of aryl methyl sites for hydroxylation is 1. The van der Waals surface area contributed by atoms with Gasteiger partial charge in [0.05, 0.1) is 35.2 Å². The third-order valence-electron chi connectivity index (χ3n) is 5.30. The second kappa shape index (κ2) is 10.9. The van der Waals surface area contributed by atoms with Crippen molar-refractivity contribution in [1.29, 1.82) is 0 Å². The number of hydrogen-bond donors (Lipinski definition) is 1. The maximum Gasteiger partial charge on any atom is 0.337 e. The van der Waals surface area contributed by atoms with E-state index in [1.165, 1.54) is 18.2 Å². The predicted octanol–water partition coefficient (Wildman–Crippen LogP) is 5.02. The number of nitro groups is 1. The summed E-state index contributed by atoms with van der Waals surface area (Å²) in [5, 5.41) is 16.6. The molecule has 0 saturated carbocycles. The van der Waals surface area contributed by atoms with Crippen molar-refractivity contribution in [3.8, 4) is 0 Å². The van der Waals surface area contributed by atoms with E-state index < -0.39 is 22.8 Å². The topological polar surface area (TPSA) is 108 Å². The molecule has 0 fully saturated rings. The molecule has 2 heterocycles. The number of nitro benzene ring substituents is 1. The van der Waals surface area contributed by atoms with Crippen LogP contribution in [0.1, 0.15) is 42.7 Å². The summed E-state index contributed by atoms with van der Waals surface area (Å²) in [6.45, 7) is 7.34. The number of nitrogens with zero attached hydrogens (tertiary/aromatic N) is 1. The van der Waals surface area contributed by atoms with Crippen molar-refractivity contribution >= 4 is 35.0 Å². The van der Waals surface area contributed by atoms with E-state index in [9.17, 15) is 19.7 Å². The van der Waals surface area contributed by atoms with Crippen LogP contribution in [0.5, 0.6) is 0 Å². The van der Waals surface area contributed by atoms with Crippen LogP contribution >= 0.6 is 11.3 Å². The maximum atomic E-state index is 13.2. The summed E-state index contributed by atoms with van der Waals surface area (Å²) in [6, 6.07) is 7.90. The minimum absolute atomic E-state index is 0.127. The highest BCUT2D eigenvalue weighted by Crippen LogP contribution is 2.40. The first kappa shape index (κ1) is 24.9.